The normalized spacial score (nSPS) is 31.0. The van der Waals surface area contributed by atoms with Crippen molar-refractivity contribution >= 4 is 0 Å². The second-order valence-electron chi connectivity index (χ2n) is 5.20. The Labute approximate surface area is 74.9 Å². The molecular formula is C10H20O2. The summed E-state index contributed by atoms with van der Waals surface area (Å²) in [6.07, 6.45) is 2.07. The minimum absolute atomic E-state index is 0.0538. The fourth-order valence-corrected chi connectivity index (χ4v) is 2.09. The molecule has 0 amide bonds. The lowest BCUT2D eigenvalue weighted by molar-refractivity contribution is 0.0584. The number of aliphatic hydroxyl groups is 1. The summed E-state index contributed by atoms with van der Waals surface area (Å²) in [7, 11) is 0. The summed E-state index contributed by atoms with van der Waals surface area (Å²) in [6.45, 7) is 8.45. The molecule has 1 aliphatic heterocycles. The summed E-state index contributed by atoms with van der Waals surface area (Å²) in [4.78, 5) is 0. The highest BCUT2D eigenvalue weighted by atomic mass is 16.5. The van der Waals surface area contributed by atoms with Crippen molar-refractivity contribution < 1.29 is 9.84 Å². The van der Waals surface area contributed by atoms with Crippen molar-refractivity contribution in [1.29, 1.82) is 0 Å². The van der Waals surface area contributed by atoms with Gasteiger partial charge in [-0.2, -0.15) is 0 Å². The van der Waals surface area contributed by atoms with Gasteiger partial charge in [-0.15, -0.1) is 0 Å². The van der Waals surface area contributed by atoms with E-state index in [2.05, 4.69) is 20.8 Å². The Morgan fingerprint density at radius 1 is 1.42 bits per heavy atom. The van der Waals surface area contributed by atoms with Crippen LogP contribution in [0.1, 0.15) is 33.6 Å². The molecule has 72 valence electrons. The molecule has 0 spiro atoms. The first-order valence-electron chi connectivity index (χ1n) is 4.66. The maximum Gasteiger partial charge on any atom is 0.0545 e. The van der Waals surface area contributed by atoms with Crippen molar-refractivity contribution in [3.63, 3.8) is 0 Å². The summed E-state index contributed by atoms with van der Waals surface area (Å²) in [5.74, 6) is 0. The van der Waals surface area contributed by atoms with Crippen LogP contribution in [0.4, 0.5) is 0 Å². The van der Waals surface area contributed by atoms with E-state index in [1.165, 1.54) is 0 Å². The molecule has 0 saturated carbocycles. The Balaban J connectivity index is 2.55. The average molecular weight is 172 g/mol. The molecule has 0 aliphatic carbocycles. The molecule has 1 aliphatic rings. The standard InChI is InChI=1S/C10H20O2/c1-9(2,3)6-10(7-11)4-5-12-8-10/h11H,4-8H2,1-3H3. The van der Waals surface area contributed by atoms with Crippen LogP contribution in [0.2, 0.25) is 0 Å². The molecular weight excluding hydrogens is 152 g/mol. The fourth-order valence-electron chi connectivity index (χ4n) is 2.09. The van der Waals surface area contributed by atoms with E-state index in [-0.39, 0.29) is 17.4 Å². The number of hydrogen-bond donors (Lipinski definition) is 1. The average Bonchev–Trinajstić information content (AvgIpc) is 2.34. The smallest absolute Gasteiger partial charge is 0.0545 e. The summed E-state index contributed by atoms with van der Waals surface area (Å²) in [6, 6.07) is 0. The van der Waals surface area contributed by atoms with Gasteiger partial charge in [0, 0.05) is 12.0 Å². The molecule has 1 fully saturated rings. The van der Waals surface area contributed by atoms with E-state index >= 15 is 0 Å². The summed E-state index contributed by atoms with van der Waals surface area (Å²) < 4.78 is 5.34. The highest BCUT2D eigenvalue weighted by molar-refractivity contribution is 4.86. The van der Waals surface area contributed by atoms with Crippen molar-refractivity contribution in [2.75, 3.05) is 19.8 Å². The van der Waals surface area contributed by atoms with Crippen LogP contribution in [0.5, 0.6) is 0 Å². The maximum absolute atomic E-state index is 9.30. The Bertz CT molecular complexity index is 140. The van der Waals surface area contributed by atoms with Crippen LogP contribution in [-0.2, 0) is 4.74 Å². The Morgan fingerprint density at radius 3 is 2.42 bits per heavy atom. The monoisotopic (exact) mass is 172 g/mol. The van der Waals surface area contributed by atoms with E-state index < -0.39 is 0 Å². The predicted octanol–water partition coefficient (Wildman–Crippen LogP) is 1.82. The van der Waals surface area contributed by atoms with Gasteiger partial charge in [-0.1, -0.05) is 20.8 Å². The second kappa shape index (κ2) is 3.35. The van der Waals surface area contributed by atoms with Gasteiger partial charge in [0.15, 0.2) is 0 Å². The first-order chi connectivity index (χ1) is 5.47. The fraction of sp³-hybridized carbons (Fsp3) is 1.00. The molecule has 1 heterocycles. The molecule has 1 atom stereocenters. The highest BCUT2D eigenvalue weighted by Crippen LogP contribution is 2.39. The van der Waals surface area contributed by atoms with Crippen molar-refractivity contribution in [2.45, 2.75) is 33.6 Å². The zero-order valence-corrected chi connectivity index (χ0v) is 8.39. The Hall–Kier alpha value is -0.0800. The Kier molecular flexibility index (Phi) is 2.79. The van der Waals surface area contributed by atoms with Gasteiger partial charge in [-0.25, -0.2) is 0 Å². The van der Waals surface area contributed by atoms with Gasteiger partial charge in [0.2, 0.25) is 0 Å². The van der Waals surface area contributed by atoms with E-state index in [1.54, 1.807) is 0 Å². The van der Waals surface area contributed by atoms with Crippen LogP contribution < -0.4 is 0 Å². The first-order valence-corrected chi connectivity index (χ1v) is 4.66. The molecule has 0 radical (unpaired) electrons. The lowest BCUT2D eigenvalue weighted by atomic mass is 9.74. The van der Waals surface area contributed by atoms with E-state index in [9.17, 15) is 5.11 Å². The Morgan fingerprint density at radius 2 is 2.08 bits per heavy atom. The predicted molar refractivity (Wildman–Crippen MR) is 49.0 cm³/mol. The van der Waals surface area contributed by atoms with Crippen LogP contribution in [-0.4, -0.2) is 24.9 Å². The molecule has 0 bridgehead atoms. The third-order valence-electron chi connectivity index (χ3n) is 2.43. The molecule has 0 aromatic rings. The van der Waals surface area contributed by atoms with Gasteiger partial charge >= 0.3 is 0 Å². The van der Waals surface area contributed by atoms with Crippen LogP contribution in [0.25, 0.3) is 0 Å². The van der Waals surface area contributed by atoms with Crippen LogP contribution in [0.15, 0.2) is 0 Å². The molecule has 12 heavy (non-hydrogen) atoms. The number of aliphatic hydroxyl groups excluding tert-OH is 1. The SMILES string of the molecule is CC(C)(C)CC1(CO)CCOC1. The third-order valence-corrected chi connectivity index (χ3v) is 2.43. The van der Waals surface area contributed by atoms with Crippen LogP contribution >= 0.6 is 0 Å². The molecule has 0 aromatic carbocycles. The third kappa shape index (κ3) is 2.46. The van der Waals surface area contributed by atoms with Crippen molar-refractivity contribution in [1.82, 2.24) is 0 Å². The first kappa shape index (κ1) is 10.0. The lowest BCUT2D eigenvalue weighted by Gasteiger charge is -2.32. The van der Waals surface area contributed by atoms with Gasteiger partial charge in [0.05, 0.1) is 13.2 Å². The summed E-state index contributed by atoms with van der Waals surface area (Å²) in [5.41, 5.74) is 0.342. The molecule has 1 rings (SSSR count). The van der Waals surface area contributed by atoms with Crippen molar-refractivity contribution in [3.05, 3.63) is 0 Å². The van der Waals surface area contributed by atoms with E-state index in [0.29, 0.717) is 0 Å². The largest absolute Gasteiger partial charge is 0.396 e. The minimum Gasteiger partial charge on any atom is -0.396 e. The van der Waals surface area contributed by atoms with Gasteiger partial charge < -0.3 is 9.84 Å². The van der Waals surface area contributed by atoms with Gasteiger partial charge in [-0.3, -0.25) is 0 Å². The zero-order valence-electron chi connectivity index (χ0n) is 8.39. The number of rotatable bonds is 2. The molecule has 2 heteroatoms. The van der Waals surface area contributed by atoms with Gasteiger partial charge in [-0.05, 0) is 18.3 Å². The van der Waals surface area contributed by atoms with Crippen molar-refractivity contribution in [3.8, 4) is 0 Å². The molecule has 2 nitrogen and oxygen atoms in total. The molecule has 0 aromatic heterocycles. The lowest BCUT2D eigenvalue weighted by Crippen LogP contribution is -2.30. The summed E-state index contributed by atoms with van der Waals surface area (Å²) >= 11 is 0. The zero-order chi connectivity index (χ0) is 9.24. The molecule has 1 unspecified atom stereocenters. The molecule has 1 N–H and O–H groups in total. The number of hydrogen-bond acceptors (Lipinski definition) is 2. The minimum atomic E-state index is 0.0538. The van der Waals surface area contributed by atoms with E-state index in [0.717, 1.165) is 26.1 Å². The quantitative estimate of drug-likeness (QED) is 0.688. The van der Waals surface area contributed by atoms with Gasteiger partial charge in [0.25, 0.3) is 0 Å². The van der Waals surface area contributed by atoms with E-state index in [4.69, 9.17) is 4.74 Å². The van der Waals surface area contributed by atoms with Gasteiger partial charge in [0.1, 0.15) is 0 Å². The summed E-state index contributed by atoms with van der Waals surface area (Å²) in [5, 5.41) is 9.30. The second-order valence-corrected chi connectivity index (χ2v) is 5.20. The maximum atomic E-state index is 9.30. The van der Waals surface area contributed by atoms with Crippen LogP contribution in [0, 0.1) is 10.8 Å². The number of ether oxygens (including phenoxy) is 1. The highest BCUT2D eigenvalue weighted by Gasteiger charge is 2.37. The van der Waals surface area contributed by atoms with E-state index in [1.807, 2.05) is 0 Å². The molecule has 1 saturated heterocycles. The van der Waals surface area contributed by atoms with Crippen molar-refractivity contribution in [2.24, 2.45) is 10.8 Å². The van der Waals surface area contributed by atoms with Crippen LogP contribution in [0.3, 0.4) is 0 Å². The topological polar surface area (TPSA) is 29.5 Å².